The number of phosphoric acid groups is 2. The van der Waals surface area contributed by atoms with E-state index in [0.717, 1.165) is 11.2 Å². The minimum atomic E-state index is -5.30. The predicted octanol–water partition coefficient (Wildman–Crippen LogP) is -0.351. The van der Waals surface area contributed by atoms with Crippen LogP contribution in [-0.2, 0) is 32.0 Å². The highest BCUT2D eigenvalue weighted by molar-refractivity contribution is 7.61. The van der Waals surface area contributed by atoms with Crippen molar-refractivity contribution >= 4 is 38.7 Å². The maximum atomic E-state index is 12.4. The molecule has 2 fully saturated rings. The van der Waals surface area contributed by atoms with Gasteiger partial charge in [-0.3, -0.25) is 13.6 Å². The topological polar surface area (TPSA) is 271 Å². The first-order chi connectivity index (χ1) is 19.0. The van der Waals surface area contributed by atoms with E-state index in [0.29, 0.717) is 0 Å². The van der Waals surface area contributed by atoms with E-state index >= 15 is 0 Å². The quantitative estimate of drug-likeness (QED) is 0.194. The van der Waals surface area contributed by atoms with Crippen molar-refractivity contribution in [3.05, 3.63) is 12.7 Å². The molecule has 0 radical (unpaired) electrons. The molecule has 2 aliphatic rings. The fourth-order valence-electron chi connectivity index (χ4n) is 4.27. The number of β-amino-alcohol motifs (C(OH)–C–C–N with tert-alkyl or cyclic N) is 1. The van der Waals surface area contributed by atoms with Crippen LogP contribution in [0.1, 0.15) is 33.4 Å². The van der Waals surface area contributed by atoms with Crippen molar-refractivity contribution in [2.75, 3.05) is 25.5 Å². The van der Waals surface area contributed by atoms with E-state index in [1.165, 1.54) is 10.9 Å². The van der Waals surface area contributed by atoms with Crippen LogP contribution in [0.5, 0.6) is 0 Å². The lowest BCUT2D eigenvalue weighted by Crippen LogP contribution is -2.41. The molecule has 1 amide bonds. The molecule has 0 aromatic carbocycles. The van der Waals surface area contributed by atoms with Crippen LogP contribution in [-0.4, -0.2) is 111 Å². The molecule has 7 N–H and O–H groups in total. The molecule has 2 saturated heterocycles. The Balaban J connectivity index is 1.33. The van der Waals surface area contributed by atoms with Crippen LogP contribution in [0.2, 0.25) is 0 Å². The molecular formula is C20H32N6O13P2. The summed E-state index contributed by atoms with van der Waals surface area (Å²) in [6.07, 6.45) is -5.18. The molecule has 2 aromatic heterocycles. The number of imidazole rings is 1. The fraction of sp³-hybridized carbons (Fsp3) is 0.700. The minimum absolute atomic E-state index is 0.0161. The van der Waals surface area contributed by atoms with Crippen LogP contribution in [0.4, 0.5) is 10.6 Å². The van der Waals surface area contributed by atoms with E-state index in [1.54, 1.807) is 20.8 Å². The van der Waals surface area contributed by atoms with Gasteiger partial charge in [-0.1, -0.05) is 0 Å². The molecule has 230 valence electrons. The van der Waals surface area contributed by atoms with Gasteiger partial charge in [0.05, 0.1) is 38.2 Å². The zero-order valence-corrected chi connectivity index (χ0v) is 23.9. The zero-order chi connectivity index (χ0) is 30.3. The SMILES string of the molecule is CC(C)(C)OC(=O)N1C[C@H](O)C[C@H]1COP(=O)(O)OP(=O)(O)OC[C@H]1O[C@@H](n2cnc3c(N)ncnc32)[C@H](O)[C@@H]1O. The minimum Gasteiger partial charge on any atom is -0.444 e. The number of likely N-dealkylation sites (tertiary alicyclic amines) is 1. The average molecular weight is 626 g/mol. The molecule has 4 heterocycles. The Bertz CT molecular complexity index is 1350. The molecule has 2 aromatic rings. The Morgan fingerprint density at radius 1 is 1.10 bits per heavy atom. The standard InChI is InChI=1S/C20H32N6O13P2/c1-20(2,3)38-19(30)25-5-11(27)4-10(25)6-35-40(31,32)39-41(33,34)36-7-12-14(28)15(29)18(37-12)26-9-24-13-16(21)22-8-23-17(13)26/h8-12,14-15,18,27-29H,4-7H2,1-3H3,(H,31,32)(H,33,34)(H2,21,22,23)/t10-,11+,12+,14+,15+,18+/m0/s1. The fourth-order valence-corrected chi connectivity index (χ4v) is 6.39. The number of aliphatic hydroxyl groups excluding tert-OH is 3. The number of hydrogen-bond acceptors (Lipinski definition) is 15. The Morgan fingerprint density at radius 3 is 2.41 bits per heavy atom. The Hall–Kier alpha value is -2.28. The third-order valence-corrected chi connectivity index (χ3v) is 8.66. The molecule has 0 aliphatic carbocycles. The number of nitrogens with zero attached hydrogens (tertiary/aromatic N) is 5. The Labute approximate surface area is 233 Å². The molecule has 41 heavy (non-hydrogen) atoms. The first-order valence-corrected chi connectivity index (χ1v) is 15.2. The van der Waals surface area contributed by atoms with Gasteiger partial charge in [-0.2, -0.15) is 4.31 Å². The van der Waals surface area contributed by atoms with Crippen molar-refractivity contribution in [3.63, 3.8) is 0 Å². The summed E-state index contributed by atoms with van der Waals surface area (Å²) in [5.74, 6) is 0.0670. The number of fused-ring (bicyclic) bond motifs is 1. The highest BCUT2D eigenvalue weighted by atomic mass is 31.3. The maximum absolute atomic E-state index is 12.4. The van der Waals surface area contributed by atoms with Gasteiger partial charge in [-0.25, -0.2) is 28.9 Å². The number of nitrogens with two attached hydrogens (primary N) is 1. The molecule has 2 unspecified atom stereocenters. The average Bonchev–Trinajstić information content (AvgIpc) is 3.52. The lowest BCUT2D eigenvalue weighted by molar-refractivity contribution is -0.0504. The summed E-state index contributed by atoms with van der Waals surface area (Å²) in [7, 11) is -10.5. The largest absolute Gasteiger partial charge is 0.481 e. The third-order valence-electron chi connectivity index (χ3n) is 6.06. The molecule has 19 nitrogen and oxygen atoms in total. The van der Waals surface area contributed by atoms with Crippen LogP contribution in [0, 0.1) is 0 Å². The van der Waals surface area contributed by atoms with Crippen molar-refractivity contribution in [2.45, 2.75) is 69.5 Å². The second kappa shape index (κ2) is 11.8. The molecule has 8 atom stereocenters. The van der Waals surface area contributed by atoms with Gasteiger partial charge in [-0.05, 0) is 27.2 Å². The zero-order valence-electron chi connectivity index (χ0n) is 22.2. The molecule has 0 spiro atoms. The van der Waals surface area contributed by atoms with Gasteiger partial charge >= 0.3 is 21.7 Å². The number of amides is 1. The maximum Gasteiger partial charge on any atom is 0.481 e. The van der Waals surface area contributed by atoms with Crippen LogP contribution >= 0.6 is 15.6 Å². The normalized spacial score (nSPS) is 29.9. The summed E-state index contributed by atoms with van der Waals surface area (Å²) in [4.78, 5) is 45.4. The lowest BCUT2D eigenvalue weighted by atomic mass is 10.1. The van der Waals surface area contributed by atoms with Crippen LogP contribution in [0.3, 0.4) is 0 Å². The van der Waals surface area contributed by atoms with Crippen LogP contribution < -0.4 is 5.73 Å². The Kier molecular flexibility index (Phi) is 9.09. The summed E-state index contributed by atoms with van der Waals surface area (Å²) in [5, 5.41) is 30.8. The Morgan fingerprint density at radius 2 is 1.76 bits per heavy atom. The summed E-state index contributed by atoms with van der Waals surface area (Å²) in [6.45, 7) is 3.30. The lowest BCUT2D eigenvalue weighted by Gasteiger charge is -2.28. The van der Waals surface area contributed by atoms with E-state index in [9.17, 15) is 39.0 Å². The predicted molar refractivity (Wildman–Crippen MR) is 136 cm³/mol. The first-order valence-electron chi connectivity index (χ1n) is 12.2. The van der Waals surface area contributed by atoms with E-state index < -0.39 is 77.2 Å². The number of hydrogen-bond donors (Lipinski definition) is 6. The van der Waals surface area contributed by atoms with E-state index in [2.05, 4.69) is 19.3 Å². The number of nitrogen functional groups attached to an aromatic ring is 1. The molecule has 4 rings (SSSR count). The van der Waals surface area contributed by atoms with Crippen molar-refractivity contribution in [2.24, 2.45) is 0 Å². The van der Waals surface area contributed by atoms with Gasteiger partial charge in [0, 0.05) is 0 Å². The highest BCUT2D eigenvalue weighted by Crippen LogP contribution is 2.60. The molecule has 0 saturated carbocycles. The summed E-state index contributed by atoms with van der Waals surface area (Å²) < 4.78 is 50.7. The van der Waals surface area contributed by atoms with Gasteiger partial charge in [0.25, 0.3) is 0 Å². The van der Waals surface area contributed by atoms with Crippen molar-refractivity contribution in [1.29, 1.82) is 0 Å². The van der Waals surface area contributed by atoms with Gasteiger partial charge < -0.3 is 45.2 Å². The number of rotatable bonds is 9. The van der Waals surface area contributed by atoms with Gasteiger partial charge in [0.15, 0.2) is 17.7 Å². The monoisotopic (exact) mass is 626 g/mol. The number of anilines is 1. The molecule has 21 heteroatoms. The first kappa shape index (κ1) is 31.7. The summed E-state index contributed by atoms with van der Waals surface area (Å²) in [6, 6.07) is -0.900. The number of phosphoric ester groups is 2. The van der Waals surface area contributed by atoms with E-state index in [4.69, 9.17) is 24.3 Å². The van der Waals surface area contributed by atoms with Crippen LogP contribution in [0.15, 0.2) is 12.7 Å². The summed E-state index contributed by atoms with van der Waals surface area (Å²) >= 11 is 0. The number of carbonyl (C=O) groups excluding carboxylic acids is 1. The van der Waals surface area contributed by atoms with E-state index in [1.807, 2.05) is 0 Å². The highest BCUT2D eigenvalue weighted by Gasteiger charge is 2.46. The molecule has 2 aliphatic heterocycles. The second-order valence-corrected chi connectivity index (χ2v) is 13.5. The summed E-state index contributed by atoms with van der Waals surface area (Å²) in [5.41, 5.74) is 5.31. The number of ether oxygens (including phenoxy) is 2. The van der Waals surface area contributed by atoms with E-state index in [-0.39, 0.29) is 29.9 Å². The van der Waals surface area contributed by atoms with Crippen LogP contribution in [0.25, 0.3) is 11.2 Å². The van der Waals surface area contributed by atoms with Gasteiger partial charge in [0.2, 0.25) is 0 Å². The second-order valence-electron chi connectivity index (χ2n) is 10.4. The number of carbonyl (C=O) groups is 1. The van der Waals surface area contributed by atoms with Crippen molar-refractivity contribution in [1.82, 2.24) is 24.4 Å². The molecule has 0 bridgehead atoms. The number of aromatic nitrogens is 4. The number of aliphatic hydroxyl groups is 3. The molecular weight excluding hydrogens is 594 g/mol. The van der Waals surface area contributed by atoms with Crippen molar-refractivity contribution < 1.29 is 61.9 Å². The van der Waals surface area contributed by atoms with Gasteiger partial charge in [-0.15, -0.1) is 0 Å². The van der Waals surface area contributed by atoms with Crippen molar-refractivity contribution in [3.8, 4) is 0 Å². The van der Waals surface area contributed by atoms with Gasteiger partial charge in [0.1, 0.15) is 35.8 Å². The third kappa shape index (κ3) is 7.57. The smallest absolute Gasteiger partial charge is 0.444 e.